The summed E-state index contributed by atoms with van der Waals surface area (Å²) in [5, 5.41) is 14.3. The van der Waals surface area contributed by atoms with Crippen molar-refractivity contribution < 1.29 is 28.2 Å². The summed E-state index contributed by atoms with van der Waals surface area (Å²) in [6.07, 6.45) is 3.48. The Morgan fingerprint density at radius 3 is 2.28 bits per heavy atom. The highest BCUT2D eigenvalue weighted by Gasteiger charge is 2.25. The van der Waals surface area contributed by atoms with Gasteiger partial charge < -0.3 is 20.5 Å². The van der Waals surface area contributed by atoms with Crippen LogP contribution in [0.1, 0.15) is 36.0 Å². The molecule has 3 N–H and O–H groups in total. The number of hydrogen-bond acceptors (Lipinski definition) is 5. The summed E-state index contributed by atoms with van der Waals surface area (Å²) < 4.78 is 32.2. The van der Waals surface area contributed by atoms with Gasteiger partial charge in [0, 0.05) is 12.1 Å². The molecule has 1 aromatic carbocycles. The van der Waals surface area contributed by atoms with Crippen LogP contribution in [0.2, 0.25) is 0 Å². The molecule has 1 heterocycles. The quantitative estimate of drug-likeness (QED) is 0.685. The third-order valence-electron chi connectivity index (χ3n) is 4.66. The number of benzene rings is 1. The number of pyridine rings is 1. The van der Waals surface area contributed by atoms with Gasteiger partial charge in [-0.15, -0.1) is 0 Å². The first kappa shape index (κ1) is 20.7. The van der Waals surface area contributed by atoms with E-state index in [9.17, 15) is 18.4 Å². The molecule has 1 aliphatic rings. The lowest BCUT2D eigenvalue weighted by Crippen LogP contribution is -2.44. The van der Waals surface area contributed by atoms with Crippen molar-refractivity contribution in [2.45, 2.75) is 37.8 Å². The number of nitrogens with one attached hydrogen (secondary N) is 2. The second-order valence-corrected chi connectivity index (χ2v) is 6.81. The number of rotatable bonds is 6. The van der Waals surface area contributed by atoms with E-state index < -0.39 is 30.1 Å². The first-order chi connectivity index (χ1) is 13.9. The Bertz CT molecular complexity index is 869. The molecule has 0 spiro atoms. The summed E-state index contributed by atoms with van der Waals surface area (Å²) in [5.41, 5.74) is -0.0648. The molecule has 0 unspecified atom stereocenters. The number of halogens is 2. The number of hydrogen-bond donors (Lipinski definition) is 3. The van der Waals surface area contributed by atoms with Crippen molar-refractivity contribution in [1.82, 2.24) is 15.6 Å². The number of ether oxygens (including phenoxy) is 1. The van der Waals surface area contributed by atoms with Crippen LogP contribution in [-0.2, 0) is 4.79 Å². The molecule has 9 heteroatoms. The maximum Gasteiger partial charge on any atom is 0.257 e. The van der Waals surface area contributed by atoms with Gasteiger partial charge in [-0.3, -0.25) is 9.59 Å². The van der Waals surface area contributed by atoms with Crippen LogP contribution < -0.4 is 15.4 Å². The number of amides is 2. The standard InChI is InChI=1S/C20H21F2N3O4/c21-12-1-7-16(8-2-12)29-20-17(9-13(22)10-23-20)19(28)25-15-5-3-14(4-6-15)24-18(27)11-26/h1-2,7-10,14-15,26H,3-6,11H2,(H,24,27)(H,25,28). The Morgan fingerprint density at radius 2 is 1.66 bits per heavy atom. The van der Waals surface area contributed by atoms with Crippen LogP contribution in [0.15, 0.2) is 36.5 Å². The monoisotopic (exact) mass is 405 g/mol. The van der Waals surface area contributed by atoms with Gasteiger partial charge in [0.25, 0.3) is 5.91 Å². The smallest absolute Gasteiger partial charge is 0.257 e. The highest BCUT2D eigenvalue weighted by atomic mass is 19.1. The predicted octanol–water partition coefficient (Wildman–Crippen LogP) is 2.30. The predicted molar refractivity (Wildman–Crippen MR) is 99.4 cm³/mol. The van der Waals surface area contributed by atoms with Gasteiger partial charge in [-0.2, -0.15) is 0 Å². The molecule has 7 nitrogen and oxygen atoms in total. The molecular weight excluding hydrogens is 384 g/mol. The van der Waals surface area contributed by atoms with Crippen LogP contribution in [0.25, 0.3) is 0 Å². The highest BCUT2D eigenvalue weighted by molar-refractivity contribution is 5.96. The van der Waals surface area contributed by atoms with E-state index in [2.05, 4.69) is 15.6 Å². The lowest BCUT2D eigenvalue weighted by atomic mass is 9.91. The molecule has 0 radical (unpaired) electrons. The number of aliphatic hydroxyl groups excluding tert-OH is 1. The molecular formula is C20H21F2N3O4. The Morgan fingerprint density at radius 1 is 1.03 bits per heavy atom. The average molecular weight is 405 g/mol. The van der Waals surface area contributed by atoms with Crippen LogP contribution in [0.3, 0.4) is 0 Å². The molecule has 0 atom stereocenters. The van der Waals surface area contributed by atoms with Gasteiger partial charge >= 0.3 is 0 Å². The summed E-state index contributed by atoms with van der Waals surface area (Å²) in [6, 6.07) is 6.00. The van der Waals surface area contributed by atoms with Crippen LogP contribution >= 0.6 is 0 Å². The molecule has 1 fully saturated rings. The van der Waals surface area contributed by atoms with Crippen molar-refractivity contribution in [2.75, 3.05) is 6.61 Å². The lowest BCUT2D eigenvalue weighted by Gasteiger charge is -2.29. The maximum absolute atomic E-state index is 13.7. The van der Waals surface area contributed by atoms with E-state index in [1.54, 1.807) is 0 Å². The van der Waals surface area contributed by atoms with E-state index in [0.29, 0.717) is 25.7 Å². The number of carbonyl (C=O) groups excluding carboxylic acids is 2. The van der Waals surface area contributed by atoms with Gasteiger partial charge in [0.2, 0.25) is 11.8 Å². The van der Waals surface area contributed by atoms with E-state index >= 15 is 0 Å². The summed E-state index contributed by atoms with van der Waals surface area (Å²) in [5.74, 6) is -1.90. The van der Waals surface area contributed by atoms with Crippen LogP contribution in [0.4, 0.5) is 8.78 Å². The van der Waals surface area contributed by atoms with Crippen molar-refractivity contribution in [3.63, 3.8) is 0 Å². The van der Waals surface area contributed by atoms with Crippen LogP contribution in [0.5, 0.6) is 11.6 Å². The molecule has 29 heavy (non-hydrogen) atoms. The Hall–Kier alpha value is -3.07. The molecule has 1 aliphatic carbocycles. The largest absolute Gasteiger partial charge is 0.438 e. The highest BCUT2D eigenvalue weighted by Crippen LogP contribution is 2.25. The van der Waals surface area contributed by atoms with E-state index in [4.69, 9.17) is 9.84 Å². The third kappa shape index (κ3) is 5.71. The van der Waals surface area contributed by atoms with E-state index in [0.717, 1.165) is 12.3 Å². The second kappa shape index (κ2) is 9.42. The molecule has 1 saturated carbocycles. The maximum atomic E-state index is 13.7. The minimum atomic E-state index is -0.683. The normalized spacial score (nSPS) is 18.7. The van der Waals surface area contributed by atoms with Gasteiger partial charge in [-0.05, 0) is 56.0 Å². The summed E-state index contributed by atoms with van der Waals surface area (Å²) in [6.45, 7) is -0.555. The zero-order chi connectivity index (χ0) is 20.8. The Balaban J connectivity index is 1.64. The van der Waals surface area contributed by atoms with Gasteiger partial charge in [-0.1, -0.05) is 0 Å². The van der Waals surface area contributed by atoms with Gasteiger partial charge in [0.1, 0.15) is 29.6 Å². The molecule has 2 amide bonds. The lowest BCUT2D eigenvalue weighted by molar-refractivity contribution is -0.124. The molecule has 0 bridgehead atoms. The van der Waals surface area contributed by atoms with Crippen molar-refractivity contribution in [1.29, 1.82) is 0 Å². The molecule has 0 saturated heterocycles. The molecule has 3 rings (SSSR count). The van der Waals surface area contributed by atoms with Crippen LogP contribution in [0, 0.1) is 11.6 Å². The van der Waals surface area contributed by atoms with Crippen molar-refractivity contribution in [3.8, 4) is 11.6 Å². The summed E-state index contributed by atoms with van der Waals surface area (Å²) in [7, 11) is 0. The minimum Gasteiger partial charge on any atom is -0.438 e. The van der Waals surface area contributed by atoms with Crippen molar-refractivity contribution in [2.24, 2.45) is 0 Å². The van der Waals surface area contributed by atoms with E-state index in [1.807, 2.05) is 0 Å². The van der Waals surface area contributed by atoms with Gasteiger partial charge in [0.15, 0.2) is 0 Å². The molecule has 0 aliphatic heterocycles. The average Bonchev–Trinajstić information content (AvgIpc) is 2.72. The molecule has 1 aromatic heterocycles. The number of carbonyl (C=O) groups is 2. The zero-order valence-electron chi connectivity index (χ0n) is 15.5. The van der Waals surface area contributed by atoms with Gasteiger partial charge in [-0.25, -0.2) is 13.8 Å². The molecule has 154 valence electrons. The molecule has 2 aromatic rings. The summed E-state index contributed by atoms with van der Waals surface area (Å²) in [4.78, 5) is 27.8. The second-order valence-electron chi connectivity index (χ2n) is 6.81. The number of nitrogens with zero attached hydrogens (tertiary/aromatic N) is 1. The third-order valence-corrected chi connectivity index (χ3v) is 4.66. The van der Waals surface area contributed by atoms with Gasteiger partial charge in [0.05, 0.1) is 6.20 Å². The number of aliphatic hydroxyl groups is 1. The van der Waals surface area contributed by atoms with Crippen LogP contribution in [-0.4, -0.2) is 40.6 Å². The first-order valence-corrected chi connectivity index (χ1v) is 9.24. The zero-order valence-corrected chi connectivity index (χ0v) is 15.5. The Kier molecular flexibility index (Phi) is 6.71. The topological polar surface area (TPSA) is 101 Å². The van der Waals surface area contributed by atoms with Crippen molar-refractivity contribution >= 4 is 11.8 Å². The number of aromatic nitrogens is 1. The first-order valence-electron chi connectivity index (χ1n) is 9.24. The SMILES string of the molecule is O=C(CO)NC1CCC(NC(=O)c2cc(F)cnc2Oc2ccc(F)cc2)CC1. The van der Waals surface area contributed by atoms with Crippen molar-refractivity contribution in [3.05, 3.63) is 53.7 Å². The minimum absolute atomic E-state index is 0.0454. The van der Waals surface area contributed by atoms with E-state index in [1.165, 1.54) is 24.3 Å². The fourth-order valence-corrected chi connectivity index (χ4v) is 3.20. The van der Waals surface area contributed by atoms with E-state index in [-0.39, 0.29) is 29.3 Å². The Labute approximate surface area is 166 Å². The fraction of sp³-hybridized carbons (Fsp3) is 0.350. The fourth-order valence-electron chi connectivity index (χ4n) is 3.20. The summed E-state index contributed by atoms with van der Waals surface area (Å²) >= 11 is 0.